The second-order valence-electron chi connectivity index (χ2n) is 6.41. The first-order valence-corrected chi connectivity index (χ1v) is 7.94. The van der Waals surface area contributed by atoms with Crippen LogP contribution in [0.2, 0.25) is 0 Å². The molecular formula is C16H31NO2. The van der Waals surface area contributed by atoms with Gasteiger partial charge in [-0.05, 0) is 56.4 Å². The Labute approximate surface area is 118 Å². The molecule has 0 bridgehead atoms. The Bertz CT molecular complexity index is 265. The number of hydrogen-bond acceptors (Lipinski definition) is 3. The molecule has 3 heteroatoms. The maximum absolute atomic E-state index is 11.9. The first-order chi connectivity index (χ1) is 9.04. The quantitative estimate of drug-likeness (QED) is 0.720. The first-order valence-electron chi connectivity index (χ1n) is 7.94. The Hall–Kier alpha value is -0.570. The molecule has 0 spiro atoms. The van der Waals surface area contributed by atoms with Crippen molar-refractivity contribution >= 4 is 5.97 Å². The number of ether oxygens (including phenoxy) is 1. The van der Waals surface area contributed by atoms with E-state index in [4.69, 9.17) is 10.5 Å². The van der Waals surface area contributed by atoms with Crippen LogP contribution >= 0.6 is 0 Å². The molecule has 0 amide bonds. The minimum Gasteiger partial charge on any atom is -0.462 e. The largest absolute Gasteiger partial charge is 0.462 e. The molecule has 1 fully saturated rings. The molecule has 19 heavy (non-hydrogen) atoms. The van der Waals surface area contributed by atoms with Crippen LogP contribution in [-0.4, -0.2) is 18.6 Å². The predicted octanol–water partition coefficient (Wildman–Crippen LogP) is 3.51. The summed E-state index contributed by atoms with van der Waals surface area (Å²) in [6, 6.07) is 0. The molecule has 0 aromatic heterocycles. The normalized spacial score (nSPS) is 25.3. The summed E-state index contributed by atoms with van der Waals surface area (Å²) in [5.74, 6) is 1.65. The van der Waals surface area contributed by atoms with Gasteiger partial charge in [0.05, 0.1) is 0 Å². The zero-order chi connectivity index (χ0) is 14.3. The minimum atomic E-state index is -0.0126. The average Bonchev–Trinajstić information content (AvgIpc) is 2.37. The topological polar surface area (TPSA) is 52.3 Å². The van der Waals surface area contributed by atoms with Crippen molar-refractivity contribution in [2.24, 2.45) is 23.5 Å². The molecule has 3 atom stereocenters. The summed E-state index contributed by atoms with van der Waals surface area (Å²) in [7, 11) is 0. The van der Waals surface area contributed by atoms with Crippen LogP contribution in [0.1, 0.15) is 65.7 Å². The smallest absolute Gasteiger partial charge is 0.306 e. The van der Waals surface area contributed by atoms with E-state index in [9.17, 15) is 4.79 Å². The lowest BCUT2D eigenvalue weighted by Crippen LogP contribution is -2.28. The highest BCUT2D eigenvalue weighted by Crippen LogP contribution is 2.27. The third-order valence-corrected chi connectivity index (χ3v) is 4.52. The van der Waals surface area contributed by atoms with Crippen LogP contribution in [0, 0.1) is 17.8 Å². The number of rotatable bonds is 7. The number of esters is 1. The molecule has 0 aliphatic heterocycles. The Morgan fingerprint density at radius 1 is 1.26 bits per heavy atom. The maximum atomic E-state index is 11.9. The van der Waals surface area contributed by atoms with Crippen molar-refractivity contribution in [1.82, 2.24) is 0 Å². The van der Waals surface area contributed by atoms with Crippen molar-refractivity contribution in [1.29, 1.82) is 0 Å². The molecule has 1 saturated carbocycles. The second-order valence-corrected chi connectivity index (χ2v) is 6.41. The van der Waals surface area contributed by atoms with Gasteiger partial charge >= 0.3 is 5.97 Å². The first kappa shape index (κ1) is 16.5. The highest BCUT2D eigenvalue weighted by atomic mass is 16.5. The lowest BCUT2D eigenvalue weighted by Gasteiger charge is -2.28. The molecule has 112 valence electrons. The monoisotopic (exact) mass is 269 g/mol. The van der Waals surface area contributed by atoms with E-state index in [1.165, 1.54) is 19.3 Å². The predicted molar refractivity (Wildman–Crippen MR) is 78.7 cm³/mol. The highest BCUT2D eigenvalue weighted by Gasteiger charge is 2.25. The van der Waals surface area contributed by atoms with E-state index in [0.29, 0.717) is 30.7 Å². The average molecular weight is 269 g/mol. The fraction of sp³-hybridized carbons (Fsp3) is 0.938. The van der Waals surface area contributed by atoms with Crippen LogP contribution in [0.5, 0.6) is 0 Å². The molecule has 0 aromatic carbocycles. The molecule has 0 aromatic rings. The molecule has 1 aliphatic carbocycles. The van der Waals surface area contributed by atoms with Gasteiger partial charge in [-0.15, -0.1) is 0 Å². The third-order valence-electron chi connectivity index (χ3n) is 4.52. The fourth-order valence-electron chi connectivity index (χ4n) is 3.01. The molecule has 2 N–H and O–H groups in total. The molecule has 1 aliphatic rings. The van der Waals surface area contributed by atoms with E-state index in [1.807, 2.05) is 0 Å². The summed E-state index contributed by atoms with van der Waals surface area (Å²) < 4.78 is 5.64. The maximum Gasteiger partial charge on any atom is 0.306 e. The van der Waals surface area contributed by atoms with Crippen molar-refractivity contribution in [2.75, 3.05) is 6.54 Å². The van der Waals surface area contributed by atoms with E-state index < -0.39 is 0 Å². The van der Waals surface area contributed by atoms with Crippen molar-refractivity contribution in [3.8, 4) is 0 Å². The van der Waals surface area contributed by atoms with Crippen molar-refractivity contribution < 1.29 is 9.53 Å². The Kier molecular flexibility index (Phi) is 7.44. The lowest BCUT2D eigenvalue weighted by molar-refractivity contribution is -0.153. The molecular weight excluding hydrogens is 238 g/mol. The highest BCUT2D eigenvalue weighted by molar-refractivity contribution is 5.69. The van der Waals surface area contributed by atoms with Gasteiger partial charge in [0.2, 0.25) is 0 Å². The summed E-state index contributed by atoms with van der Waals surface area (Å²) in [6.45, 7) is 7.31. The van der Waals surface area contributed by atoms with Crippen LogP contribution in [-0.2, 0) is 9.53 Å². The fourth-order valence-corrected chi connectivity index (χ4v) is 3.01. The van der Waals surface area contributed by atoms with Gasteiger partial charge in [-0.25, -0.2) is 0 Å². The van der Waals surface area contributed by atoms with Gasteiger partial charge < -0.3 is 10.5 Å². The third kappa shape index (κ3) is 5.94. The Morgan fingerprint density at radius 3 is 2.53 bits per heavy atom. The second kappa shape index (κ2) is 8.57. The van der Waals surface area contributed by atoms with Crippen molar-refractivity contribution in [2.45, 2.75) is 71.8 Å². The van der Waals surface area contributed by atoms with Crippen LogP contribution in [0.3, 0.4) is 0 Å². The summed E-state index contributed by atoms with van der Waals surface area (Å²) in [4.78, 5) is 11.9. The minimum absolute atomic E-state index is 0.0126. The van der Waals surface area contributed by atoms with Gasteiger partial charge in [-0.3, -0.25) is 4.79 Å². The molecule has 1 rings (SSSR count). The van der Waals surface area contributed by atoms with E-state index in [0.717, 1.165) is 19.3 Å². The number of carbonyl (C=O) groups is 1. The summed E-state index contributed by atoms with van der Waals surface area (Å²) in [5.41, 5.74) is 5.63. The van der Waals surface area contributed by atoms with Gasteiger partial charge in [0.25, 0.3) is 0 Å². The summed E-state index contributed by atoms with van der Waals surface area (Å²) in [6.07, 6.45) is 7.34. The molecule has 0 heterocycles. The van der Waals surface area contributed by atoms with Crippen LogP contribution in [0.25, 0.3) is 0 Å². The van der Waals surface area contributed by atoms with E-state index in [1.54, 1.807) is 0 Å². The Balaban J connectivity index is 2.29. The van der Waals surface area contributed by atoms with Crippen LogP contribution < -0.4 is 5.73 Å². The van der Waals surface area contributed by atoms with E-state index in [2.05, 4.69) is 20.8 Å². The van der Waals surface area contributed by atoms with Crippen molar-refractivity contribution in [3.05, 3.63) is 0 Å². The standard InChI is InChI=1S/C16H31NO2/c1-12(2)14(10-11-17)8-9-16(18)19-15-7-5-4-6-13(15)3/h12-15H,4-11,17H2,1-3H3. The summed E-state index contributed by atoms with van der Waals surface area (Å²) in [5, 5.41) is 0. The lowest BCUT2D eigenvalue weighted by atomic mass is 9.87. The van der Waals surface area contributed by atoms with Crippen LogP contribution in [0.15, 0.2) is 0 Å². The molecule has 0 radical (unpaired) electrons. The molecule has 0 saturated heterocycles. The zero-order valence-electron chi connectivity index (χ0n) is 12.9. The van der Waals surface area contributed by atoms with Gasteiger partial charge in [0, 0.05) is 6.42 Å². The van der Waals surface area contributed by atoms with Gasteiger partial charge in [0.1, 0.15) is 6.10 Å². The molecule has 3 unspecified atom stereocenters. The number of nitrogens with two attached hydrogens (primary N) is 1. The molecule has 3 nitrogen and oxygen atoms in total. The zero-order valence-corrected chi connectivity index (χ0v) is 12.9. The number of carbonyl (C=O) groups excluding carboxylic acids is 1. The Morgan fingerprint density at radius 2 is 1.95 bits per heavy atom. The van der Waals surface area contributed by atoms with Crippen molar-refractivity contribution in [3.63, 3.8) is 0 Å². The van der Waals surface area contributed by atoms with Gasteiger partial charge in [0.15, 0.2) is 0 Å². The van der Waals surface area contributed by atoms with E-state index in [-0.39, 0.29) is 12.1 Å². The van der Waals surface area contributed by atoms with Crippen LogP contribution in [0.4, 0.5) is 0 Å². The SMILES string of the molecule is CC(C)C(CCN)CCC(=O)OC1CCCCC1C. The number of hydrogen-bond donors (Lipinski definition) is 1. The van der Waals surface area contributed by atoms with E-state index >= 15 is 0 Å². The van der Waals surface area contributed by atoms with Gasteiger partial charge in [-0.1, -0.05) is 27.2 Å². The van der Waals surface area contributed by atoms with Gasteiger partial charge in [-0.2, -0.15) is 0 Å². The summed E-state index contributed by atoms with van der Waals surface area (Å²) >= 11 is 0.